The van der Waals surface area contributed by atoms with Crippen LogP contribution in [0, 0.1) is 0 Å². The van der Waals surface area contributed by atoms with Gasteiger partial charge in [-0.25, -0.2) is 0 Å². The second-order valence-corrected chi connectivity index (χ2v) is 4.67. The van der Waals surface area contributed by atoms with E-state index in [1.165, 1.54) is 0 Å². The van der Waals surface area contributed by atoms with E-state index < -0.39 is 0 Å². The molecule has 1 heterocycles. The summed E-state index contributed by atoms with van der Waals surface area (Å²) in [5, 5.41) is 0. The summed E-state index contributed by atoms with van der Waals surface area (Å²) >= 11 is 1.63. The van der Waals surface area contributed by atoms with Gasteiger partial charge in [0.2, 0.25) is 0 Å². The van der Waals surface area contributed by atoms with Crippen LogP contribution in [-0.4, -0.2) is 7.85 Å². The van der Waals surface area contributed by atoms with Crippen molar-refractivity contribution in [3.63, 3.8) is 0 Å². The number of para-hydroxylation sites is 1. The molecular weight excluding hydrogens is 217 g/mol. The number of benzene rings is 2. The van der Waals surface area contributed by atoms with E-state index >= 15 is 0 Å². The molecule has 3 rings (SSSR count). The molecule has 0 spiro atoms. The van der Waals surface area contributed by atoms with Crippen molar-refractivity contribution in [2.45, 2.75) is 9.79 Å². The first-order valence-electron chi connectivity index (χ1n) is 4.88. The second kappa shape index (κ2) is 3.49. The average Bonchev–Trinajstić information content (AvgIpc) is 2.27. The zero-order valence-corrected chi connectivity index (χ0v) is 9.25. The van der Waals surface area contributed by atoms with E-state index in [9.17, 15) is 0 Å². The molecule has 16 heavy (non-hydrogen) atoms. The molecule has 0 saturated heterocycles. The maximum atomic E-state index is 5.87. The summed E-state index contributed by atoms with van der Waals surface area (Å²) in [6.07, 6.45) is 0. The number of nitrogen functional groups attached to an aromatic ring is 1. The van der Waals surface area contributed by atoms with Crippen LogP contribution in [0.15, 0.2) is 46.2 Å². The maximum absolute atomic E-state index is 5.87. The highest BCUT2D eigenvalue weighted by molar-refractivity contribution is 7.99. The van der Waals surface area contributed by atoms with E-state index in [1.54, 1.807) is 11.8 Å². The van der Waals surface area contributed by atoms with Crippen molar-refractivity contribution >= 4 is 30.8 Å². The van der Waals surface area contributed by atoms with Crippen LogP contribution in [0.5, 0.6) is 11.5 Å². The molecule has 2 nitrogen and oxygen atoms in total. The summed E-state index contributed by atoms with van der Waals surface area (Å²) in [5.41, 5.74) is 7.14. The molecule has 2 aromatic carbocycles. The summed E-state index contributed by atoms with van der Waals surface area (Å²) in [5.74, 6) is 1.55. The maximum Gasteiger partial charge on any atom is 0.141 e. The summed E-state index contributed by atoms with van der Waals surface area (Å²) in [4.78, 5) is 2.05. The Morgan fingerprint density at radius 1 is 1.12 bits per heavy atom. The second-order valence-electron chi connectivity index (χ2n) is 3.58. The Kier molecular flexibility index (Phi) is 2.11. The Morgan fingerprint density at radius 3 is 2.88 bits per heavy atom. The first-order chi connectivity index (χ1) is 7.74. The molecule has 0 aromatic heterocycles. The highest BCUT2D eigenvalue weighted by atomic mass is 32.2. The van der Waals surface area contributed by atoms with Crippen molar-refractivity contribution in [3.05, 3.63) is 36.4 Å². The molecule has 4 heteroatoms. The topological polar surface area (TPSA) is 35.2 Å². The predicted octanol–water partition coefficient (Wildman–Crippen LogP) is 2.32. The van der Waals surface area contributed by atoms with Crippen LogP contribution in [0.4, 0.5) is 5.69 Å². The van der Waals surface area contributed by atoms with Crippen LogP contribution in [0.3, 0.4) is 0 Å². The van der Waals surface area contributed by atoms with Crippen molar-refractivity contribution in [2.75, 3.05) is 5.73 Å². The summed E-state index contributed by atoms with van der Waals surface area (Å²) in [6.45, 7) is 0. The molecule has 1 aliphatic rings. The Balaban J connectivity index is 2.13. The minimum Gasteiger partial charge on any atom is -0.456 e. The van der Waals surface area contributed by atoms with Crippen molar-refractivity contribution in [2.24, 2.45) is 0 Å². The van der Waals surface area contributed by atoms with E-state index in [1.807, 2.05) is 36.4 Å². The van der Waals surface area contributed by atoms with Gasteiger partial charge in [-0.05, 0) is 24.3 Å². The molecule has 2 radical (unpaired) electrons. The Bertz CT molecular complexity index is 571. The lowest BCUT2D eigenvalue weighted by Crippen LogP contribution is -2.09. The van der Waals surface area contributed by atoms with Gasteiger partial charge in [-0.2, -0.15) is 0 Å². The lowest BCUT2D eigenvalue weighted by molar-refractivity contribution is 0.458. The van der Waals surface area contributed by atoms with E-state index in [0.29, 0.717) is 5.46 Å². The van der Waals surface area contributed by atoms with Gasteiger partial charge in [-0.1, -0.05) is 29.4 Å². The molecule has 0 saturated carbocycles. The van der Waals surface area contributed by atoms with Gasteiger partial charge in [0.25, 0.3) is 0 Å². The van der Waals surface area contributed by atoms with Gasteiger partial charge < -0.3 is 10.5 Å². The normalized spacial score (nSPS) is 12.5. The van der Waals surface area contributed by atoms with Gasteiger partial charge in [0, 0.05) is 5.69 Å². The van der Waals surface area contributed by atoms with Crippen molar-refractivity contribution in [1.29, 1.82) is 0 Å². The third-order valence-electron chi connectivity index (χ3n) is 2.41. The van der Waals surface area contributed by atoms with Crippen LogP contribution in [0.2, 0.25) is 0 Å². The van der Waals surface area contributed by atoms with Crippen LogP contribution in [0.1, 0.15) is 0 Å². The molecule has 0 aliphatic carbocycles. The SMILES string of the molecule is [B]c1cccc2c1Oc1ccc(N)cc1S2. The first-order valence-corrected chi connectivity index (χ1v) is 5.69. The van der Waals surface area contributed by atoms with E-state index in [2.05, 4.69) is 0 Å². The monoisotopic (exact) mass is 225 g/mol. The molecule has 0 unspecified atom stereocenters. The van der Waals surface area contributed by atoms with Crippen LogP contribution < -0.4 is 15.9 Å². The average molecular weight is 225 g/mol. The zero-order valence-electron chi connectivity index (χ0n) is 8.44. The third kappa shape index (κ3) is 1.46. The molecule has 1 aliphatic heterocycles. The molecule has 2 N–H and O–H groups in total. The van der Waals surface area contributed by atoms with Gasteiger partial charge in [0.15, 0.2) is 0 Å². The Morgan fingerprint density at radius 2 is 2.00 bits per heavy atom. The quantitative estimate of drug-likeness (QED) is 0.471. The number of hydrogen-bond acceptors (Lipinski definition) is 3. The minimum atomic E-state index is 0.660. The van der Waals surface area contributed by atoms with Gasteiger partial charge >= 0.3 is 0 Å². The van der Waals surface area contributed by atoms with Crippen molar-refractivity contribution < 1.29 is 4.74 Å². The largest absolute Gasteiger partial charge is 0.456 e. The van der Waals surface area contributed by atoms with Gasteiger partial charge in [-0.3, -0.25) is 0 Å². The molecule has 2 aromatic rings. The van der Waals surface area contributed by atoms with Crippen molar-refractivity contribution in [1.82, 2.24) is 0 Å². The van der Waals surface area contributed by atoms with E-state index in [-0.39, 0.29) is 0 Å². The first kappa shape index (κ1) is 9.66. The number of rotatable bonds is 0. The van der Waals surface area contributed by atoms with Crippen LogP contribution >= 0.6 is 11.8 Å². The number of hydrogen-bond donors (Lipinski definition) is 1. The highest BCUT2D eigenvalue weighted by Crippen LogP contribution is 2.46. The molecule has 0 atom stereocenters. The van der Waals surface area contributed by atoms with E-state index in [4.69, 9.17) is 18.3 Å². The number of anilines is 1. The minimum absolute atomic E-state index is 0.660. The number of ether oxygens (including phenoxy) is 1. The molecule has 0 fully saturated rings. The highest BCUT2D eigenvalue weighted by Gasteiger charge is 2.18. The molecule has 0 bridgehead atoms. The Labute approximate surface area is 99.2 Å². The fourth-order valence-electron chi connectivity index (χ4n) is 1.64. The molecule has 0 amide bonds. The smallest absolute Gasteiger partial charge is 0.141 e. The summed E-state index contributed by atoms with van der Waals surface area (Å²) < 4.78 is 5.76. The fourth-order valence-corrected chi connectivity index (χ4v) is 2.68. The van der Waals surface area contributed by atoms with E-state index in [0.717, 1.165) is 27.0 Å². The molecular formula is C12H8BNOS. The number of fused-ring (bicyclic) bond motifs is 2. The van der Waals surface area contributed by atoms with Gasteiger partial charge in [-0.15, -0.1) is 0 Å². The lowest BCUT2D eigenvalue weighted by Gasteiger charge is -2.21. The standard InChI is InChI=1S/C12H8BNOS/c13-8-2-1-3-10-12(8)15-9-5-4-7(14)6-11(9)16-10/h1-6H,14H2. The van der Waals surface area contributed by atoms with Crippen LogP contribution in [0.25, 0.3) is 0 Å². The third-order valence-corrected chi connectivity index (χ3v) is 3.49. The predicted molar refractivity (Wildman–Crippen MR) is 66.9 cm³/mol. The fraction of sp³-hybridized carbons (Fsp3) is 0. The zero-order chi connectivity index (χ0) is 11.1. The lowest BCUT2D eigenvalue weighted by atomic mass is 9.95. The Hall–Kier alpha value is -1.55. The summed E-state index contributed by atoms with van der Waals surface area (Å²) in [7, 11) is 5.87. The van der Waals surface area contributed by atoms with Crippen molar-refractivity contribution in [3.8, 4) is 11.5 Å². The van der Waals surface area contributed by atoms with Gasteiger partial charge in [0.1, 0.15) is 19.3 Å². The van der Waals surface area contributed by atoms with Crippen LogP contribution in [-0.2, 0) is 0 Å². The number of nitrogens with two attached hydrogens (primary N) is 1. The molecule has 76 valence electrons. The van der Waals surface area contributed by atoms with Gasteiger partial charge in [0.05, 0.1) is 9.79 Å². The summed E-state index contributed by atoms with van der Waals surface area (Å²) in [6, 6.07) is 11.3.